The molecule has 1 N–H and O–H groups in total. The third-order valence-electron chi connectivity index (χ3n) is 3.91. The lowest BCUT2D eigenvalue weighted by atomic mass is 9.91. The van der Waals surface area contributed by atoms with Crippen LogP contribution in [0.5, 0.6) is 5.75 Å². The van der Waals surface area contributed by atoms with E-state index in [1.807, 2.05) is 24.3 Å². The first kappa shape index (κ1) is 13.9. The molecule has 3 rings (SSSR count). The Balaban J connectivity index is 1.78. The zero-order valence-electron chi connectivity index (χ0n) is 11.5. The molecule has 0 bridgehead atoms. The lowest BCUT2D eigenvalue weighted by Crippen LogP contribution is -2.50. The van der Waals surface area contributed by atoms with Gasteiger partial charge in [0.05, 0.1) is 25.7 Å². The molecular weight excluding hydrogens is 274 g/mol. The molecule has 0 unspecified atom stereocenters. The monoisotopic (exact) mass is 291 g/mol. The number of carbonyl (C=O) groups excluding carboxylic acids is 1. The molecule has 0 spiro atoms. The fourth-order valence-corrected chi connectivity index (χ4v) is 2.82. The van der Waals surface area contributed by atoms with E-state index in [1.54, 1.807) is 4.90 Å². The molecule has 2 heterocycles. The van der Waals surface area contributed by atoms with Crippen LogP contribution in [0.1, 0.15) is 17.9 Å². The number of benzene rings is 1. The number of carboxylic acid groups (broad SMARTS) is 1. The number of morpholine rings is 1. The summed E-state index contributed by atoms with van der Waals surface area (Å²) in [6.45, 7) is 1.30. The summed E-state index contributed by atoms with van der Waals surface area (Å²) in [6.07, 6.45) is -0.317. The molecule has 2 aliphatic rings. The second-order valence-corrected chi connectivity index (χ2v) is 5.21. The maximum Gasteiger partial charge on any atom is 0.334 e. The van der Waals surface area contributed by atoms with Crippen molar-refractivity contribution in [1.29, 1.82) is 0 Å². The fraction of sp³-hybridized carbons (Fsp3) is 0.467. The Morgan fingerprint density at radius 3 is 2.86 bits per heavy atom. The quantitative estimate of drug-likeness (QED) is 0.875. The van der Waals surface area contributed by atoms with Crippen molar-refractivity contribution in [3.05, 3.63) is 29.8 Å². The van der Waals surface area contributed by atoms with E-state index in [-0.39, 0.29) is 25.0 Å². The Bertz CT molecular complexity index is 559. The number of hydrogen-bond donors (Lipinski definition) is 1. The molecule has 0 aromatic heterocycles. The van der Waals surface area contributed by atoms with Crippen molar-refractivity contribution < 1.29 is 24.2 Å². The molecule has 6 nitrogen and oxygen atoms in total. The molecule has 1 amide bonds. The number of fused-ring (bicyclic) bond motifs is 1. The number of amides is 1. The number of aliphatic carboxylic acids is 1. The lowest BCUT2D eigenvalue weighted by Gasteiger charge is -2.35. The average molecular weight is 291 g/mol. The molecule has 1 fully saturated rings. The van der Waals surface area contributed by atoms with Gasteiger partial charge in [-0.3, -0.25) is 4.79 Å². The molecule has 1 aromatic carbocycles. The largest absolute Gasteiger partial charge is 0.493 e. The normalized spacial score (nSPS) is 24.9. The first-order valence-electron chi connectivity index (χ1n) is 7.01. The van der Waals surface area contributed by atoms with E-state index in [4.69, 9.17) is 14.6 Å². The van der Waals surface area contributed by atoms with Crippen LogP contribution in [-0.2, 0) is 14.3 Å². The summed E-state index contributed by atoms with van der Waals surface area (Å²) < 4.78 is 10.7. The van der Waals surface area contributed by atoms with Crippen LogP contribution in [0, 0.1) is 0 Å². The third kappa shape index (κ3) is 2.71. The molecule has 112 valence electrons. The minimum absolute atomic E-state index is 0.0414. The predicted octanol–water partition coefficient (Wildman–Crippen LogP) is 0.865. The molecule has 2 aliphatic heterocycles. The molecular formula is C15H17NO5. The number of hydrogen-bond acceptors (Lipinski definition) is 4. The number of nitrogens with zero attached hydrogens (tertiary/aromatic N) is 1. The van der Waals surface area contributed by atoms with E-state index in [0.29, 0.717) is 19.6 Å². The van der Waals surface area contributed by atoms with Gasteiger partial charge in [-0.25, -0.2) is 4.79 Å². The highest BCUT2D eigenvalue weighted by Crippen LogP contribution is 2.34. The van der Waals surface area contributed by atoms with Gasteiger partial charge in [0.2, 0.25) is 5.91 Å². The summed E-state index contributed by atoms with van der Waals surface area (Å²) >= 11 is 0. The van der Waals surface area contributed by atoms with Crippen LogP contribution in [0.4, 0.5) is 0 Å². The highest BCUT2D eigenvalue weighted by atomic mass is 16.5. The van der Waals surface area contributed by atoms with Crippen molar-refractivity contribution in [2.75, 3.05) is 26.3 Å². The van der Waals surface area contributed by atoms with E-state index in [2.05, 4.69) is 0 Å². The Morgan fingerprint density at radius 2 is 2.05 bits per heavy atom. The van der Waals surface area contributed by atoms with Crippen LogP contribution in [0.2, 0.25) is 0 Å². The molecule has 0 saturated carbocycles. The summed E-state index contributed by atoms with van der Waals surface area (Å²) in [5.74, 6) is -0.590. The molecule has 21 heavy (non-hydrogen) atoms. The van der Waals surface area contributed by atoms with Crippen molar-refractivity contribution in [2.45, 2.75) is 18.4 Å². The summed E-state index contributed by atoms with van der Waals surface area (Å²) in [6, 6.07) is 7.51. The van der Waals surface area contributed by atoms with Crippen LogP contribution in [-0.4, -0.2) is 54.3 Å². The first-order valence-corrected chi connectivity index (χ1v) is 7.01. The van der Waals surface area contributed by atoms with Crippen molar-refractivity contribution in [3.8, 4) is 5.75 Å². The summed E-state index contributed by atoms with van der Waals surface area (Å²) in [5.41, 5.74) is 0.882. The Labute approximate surface area is 122 Å². The molecule has 0 aliphatic carbocycles. The van der Waals surface area contributed by atoms with Crippen molar-refractivity contribution in [3.63, 3.8) is 0 Å². The zero-order valence-corrected chi connectivity index (χ0v) is 11.5. The summed E-state index contributed by atoms with van der Waals surface area (Å²) in [4.78, 5) is 25.3. The third-order valence-corrected chi connectivity index (χ3v) is 3.91. The van der Waals surface area contributed by atoms with E-state index >= 15 is 0 Å². The maximum atomic E-state index is 12.7. The molecule has 0 radical (unpaired) electrons. The zero-order chi connectivity index (χ0) is 14.8. The Morgan fingerprint density at radius 1 is 1.24 bits per heavy atom. The van der Waals surface area contributed by atoms with Crippen molar-refractivity contribution >= 4 is 11.9 Å². The smallest absolute Gasteiger partial charge is 0.334 e. The standard InChI is InChI=1S/C15H17NO5/c17-14(16-6-8-21-13(9-16)15(18)19)11-5-7-20-12-4-2-1-3-10(11)12/h1-4,11,13H,5-9H2,(H,18,19)/t11-,13-/m1/s1. The van der Waals surface area contributed by atoms with E-state index < -0.39 is 12.1 Å². The summed E-state index contributed by atoms with van der Waals surface area (Å²) in [5, 5.41) is 9.02. The number of carboxylic acids is 1. The van der Waals surface area contributed by atoms with Gasteiger partial charge in [-0.1, -0.05) is 18.2 Å². The van der Waals surface area contributed by atoms with Crippen LogP contribution >= 0.6 is 0 Å². The Hall–Kier alpha value is -2.08. The van der Waals surface area contributed by atoms with Gasteiger partial charge in [0, 0.05) is 12.1 Å². The minimum atomic E-state index is -1.03. The second-order valence-electron chi connectivity index (χ2n) is 5.21. The highest BCUT2D eigenvalue weighted by molar-refractivity contribution is 5.85. The van der Waals surface area contributed by atoms with Gasteiger partial charge in [0.25, 0.3) is 0 Å². The molecule has 2 atom stereocenters. The van der Waals surface area contributed by atoms with Crippen molar-refractivity contribution in [2.24, 2.45) is 0 Å². The summed E-state index contributed by atoms with van der Waals surface area (Å²) in [7, 11) is 0. The fourth-order valence-electron chi connectivity index (χ4n) is 2.82. The molecule has 1 saturated heterocycles. The van der Waals surface area contributed by atoms with Crippen LogP contribution in [0.15, 0.2) is 24.3 Å². The molecule has 1 aromatic rings. The van der Waals surface area contributed by atoms with Gasteiger partial charge in [-0.05, 0) is 12.5 Å². The Kier molecular flexibility index (Phi) is 3.79. The van der Waals surface area contributed by atoms with Crippen LogP contribution < -0.4 is 4.74 Å². The maximum absolute atomic E-state index is 12.7. The minimum Gasteiger partial charge on any atom is -0.493 e. The number of carbonyl (C=O) groups is 2. The molecule has 6 heteroatoms. The van der Waals surface area contributed by atoms with Crippen LogP contribution in [0.3, 0.4) is 0 Å². The van der Waals surface area contributed by atoms with Crippen molar-refractivity contribution in [1.82, 2.24) is 4.90 Å². The topological polar surface area (TPSA) is 76.1 Å². The van der Waals surface area contributed by atoms with Gasteiger partial charge < -0.3 is 19.5 Å². The lowest BCUT2D eigenvalue weighted by molar-refractivity contribution is -0.160. The number of ether oxygens (including phenoxy) is 2. The predicted molar refractivity (Wildman–Crippen MR) is 73.3 cm³/mol. The van der Waals surface area contributed by atoms with Crippen LogP contribution in [0.25, 0.3) is 0 Å². The van der Waals surface area contributed by atoms with Gasteiger partial charge in [-0.2, -0.15) is 0 Å². The second kappa shape index (κ2) is 5.73. The average Bonchev–Trinajstić information content (AvgIpc) is 2.53. The number of para-hydroxylation sites is 1. The first-order chi connectivity index (χ1) is 10.2. The SMILES string of the molecule is O=C(O)[C@H]1CN(C(=O)[C@@H]2CCOc3ccccc32)CCO1. The van der Waals surface area contributed by atoms with Gasteiger partial charge >= 0.3 is 5.97 Å². The highest BCUT2D eigenvalue weighted by Gasteiger charge is 2.35. The van der Waals surface area contributed by atoms with E-state index in [0.717, 1.165) is 11.3 Å². The van der Waals surface area contributed by atoms with Gasteiger partial charge in [-0.15, -0.1) is 0 Å². The van der Waals surface area contributed by atoms with Gasteiger partial charge in [0.15, 0.2) is 6.10 Å². The number of rotatable bonds is 2. The van der Waals surface area contributed by atoms with E-state index in [9.17, 15) is 9.59 Å². The van der Waals surface area contributed by atoms with Gasteiger partial charge in [0.1, 0.15) is 5.75 Å². The van der Waals surface area contributed by atoms with E-state index in [1.165, 1.54) is 0 Å².